The zero-order valence-corrected chi connectivity index (χ0v) is 11.3. The molecule has 5 nitrogen and oxygen atoms in total. The lowest BCUT2D eigenvalue weighted by Crippen LogP contribution is -2.09. The molecule has 0 bridgehead atoms. The third-order valence-electron chi connectivity index (χ3n) is 2.57. The summed E-state index contributed by atoms with van der Waals surface area (Å²) in [6.07, 6.45) is 2.43. The summed E-state index contributed by atoms with van der Waals surface area (Å²) in [6.45, 7) is 1.69. The van der Waals surface area contributed by atoms with Gasteiger partial charge in [-0.1, -0.05) is 22.0 Å². The molecule has 0 radical (unpaired) electrons. The van der Waals surface area contributed by atoms with Crippen LogP contribution in [0.1, 0.15) is 28.9 Å². The molecule has 3 N–H and O–H groups in total. The van der Waals surface area contributed by atoms with E-state index in [1.807, 2.05) is 12.1 Å². The maximum absolute atomic E-state index is 11.0. The van der Waals surface area contributed by atoms with E-state index in [1.165, 1.54) is 6.20 Å². The summed E-state index contributed by atoms with van der Waals surface area (Å²) in [5.74, 6) is -0.513. The second kappa shape index (κ2) is 4.91. The summed E-state index contributed by atoms with van der Waals surface area (Å²) in [5.41, 5.74) is 7.09. The molecule has 1 aromatic carbocycles. The summed E-state index contributed by atoms with van der Waals surface area (Å²) in [5, 5.41) is 13.6. The number of nitrogens with two attached hydrogens (primary N) is 1. The average molecular weight is 310 g/mol. The van der Waals surface area contributed by atoms with Crippen molar-refractivity contribution in [1.29, 1.82) is 0 Å². The predicted octanol–water partition coefficient (Wildman–Crippen LogP) is 1.79. The van der Waals surface area contributed by atoms with Crippen LogP contribution >= 0.6 is 15.9 Å². The summed E-state index contributed by atoms with van der Waals surface area (Å²) in [4.78, 5) is 11.0. The van der Waals surface area contributed by atoms with E-state index >= 15 is 0 Å². The number of aliphatic hydroxyl groups excluding tert-OH is 1. The molecular formula is C12H12BrN3O2. The maximum atomic E-state index is 11.0. The van der Waals surface area contributed by atoms with Crippen molar-refractivity contribution in [3.63, 3.8) is 0 Å². The van der Waals surface area contributed by atoms with Crippen molar-refractivity contribution in [3.05, 3.63) is 46.2 Å². The molecule has 6 heteroatoms. The number of aliphatic hydroxyl groups is 1. The maximum Gasteiger partial charge on any atom is 0.251 e. The number of carbonyl (C=O) groups excluding carboxylic acids is 1. The van der Waals surface area contributed by atoms with E-state index in [4.69, 9.17) is 5.73 Å². The lowest BCUT2D eigenvalue weighted by atomic mass is 10.1. The van der Waals surface area contributed by atoms with E-state index in [2.05, 4.69) is 21.0 Å². The smallest absolute Gasteiger partial charge is 0.251 e. The first-order valence-electron chi connectivity index (χ1n) is 5.31. The molecule has 0 aliphatic heterocycles. The SMILES string of the molecule is C[C@H](O)c1ccc(-n2cc(C(N)=O)cn2)cc1Br. The van der Waals surface area contributed by atoms with Crippen LogP contribution in [-0.2, 0) is 0 Å². The van der Waals surface area contributed by atoms with Crippen LogP contribution in [-0.4, -0.2) is 20.8 Å². The number of hydrogen-bond donors (Lipinski definition) is 2. The van der Waals surface area contributed by atoms with Gasteiger partial charge in [0, 0.05) is 10.7 Å². The first-order chi connectivity index (χ1) is 8.49. The Balaban J connectivity index is 2.39. The fraction of sp³-hybridized carbons (Fsp3) is 0.167. The minimum atomic E-state index is -0.549. The van der Waals surface area contributed by atoms with E-state index in [-0.39, 0.29) is 0 Å². The van der Waals surface area contributed by atoms with Crippen LogP contribution in [0.25, 0.3) is 5.69 Å². The second-order valence-corrected chi connectivity index (χ2v) is 4.77. The summed E-state index contributed by atoms with van der Waals surface area (Å²) >= 11 is 3.39. The molecule has 0 aliphatic rings. The fourth-order valence-corrected chi connectivity index (χ4v) is 2.29. The number of aromatic nitrogens is 2. The average Bonchev–Trinajstić information content (AvgIpc) is 2.77. The second-order valence-electron chi connectivity index (χ2n) is 3.92. The first kappa shape index (κ1) is 12.8. The molecule has 0 saturated carbocycles. The normalized spacial score (nSPS) is 12.4. The van der Waals surface area contributed by atoms with Crippen LogP contribution in [0.2, 0.25) is 0 Å². The fourth-order valence-electron chi connectivity index (χ4n) is 1.59. The Morgan fingerprint density at radius 1 is 1.56 bits per heavy atom. The number of nitrogens with zero attached hydrogens (tertiary/aromatic N) is 2. The molecule has 1 aromatic heterocycles. The molecule has 18 heavy (non-hydrogen) atoms. The van der Waals surface area contributed by atoms with Crippen molar-refractivity contribution >= 4 is 21.8 Å². The molecular weight excluding hydrogens is 298 g/mol. The van der Waals surface area contributed by atoms with Crippen molar-refractivity contribution in [3.8, 4) is 5.69 Å². The highest BCUT2D eigenvalue weighted by atomic mass is 79.9. The molecule has 0 spiro atoms. The summed E-state index contributed by atoms with van der Waals surface area (Å²) < 4.78 is 2.34. The Morgan fingerprint density at radius 3 is 2.78 bits per heavy atom. The highest BCUT2D eigenvalue weighted by molar-refractivity contribution is 9.10. The van der Waals surface area contributed by atoms with Crippen LogP contribution in [0.15, 0.2) is 35.1 Å². The van der Waals surface area contributed by atoms with Gasteiger partial charge < -0.3 is 10.8 Å². The van der Waals surface area contributed by atoms with Gasteiger partial charge in [-0.15, -0.1) is 0 Å². The number of halogens is 1. The molecule has 0 saturated heterocycles. The van der Waals surface area contributed by atoms with Crippen LogP contribution in [0, 0.1) is 0 Å². The highest BCUT2D eigenvalue weighted by Crippen LogP contribution is 2.25. The Hall–Kier alpha value is -1.66. The molecule has 1 heterocycles. The van der Waals surface area contributed by atoms with E-state index in [1.54, 1.807) is 23.9 Å². The minimum absolute atomic E-state index is 0.353. The van der Waals surface area contributed by atoms with Gasteiger partial charge in [0.1, 0.15) is 0 Å². The van der Waals surface area contributed by atoms with Gasteiger partial charge in [-0.2, -0.15) is 5.10 Å². The zero-order chi connectivity index (χ0) is 13.3. The summed E-state index contributed by atoms with van der Waals surface area (Å²) in [6, 6.07) is 5.43. The van der Waals surface area contributed by atoms with Gasteiger partial charge in [0.05, 0.1) is 23.6 Å². The zero-order valence-electron chi connectivity index (χ0n) is 9.67. The number of rotatable bonds is 3. The molecule has 1 amide bonds. The minimum Gasteiger partial charge on any atom is -0.389 e. The van der Waals surface area contributed by atoms with Crippen LogP contribution in [0.5, 0.6) is 0 Å². The highest BCUT2D eigenvalue weighted by Gasteiger charge is 2.09. The Kier molecular flexibility index (Phi) is 3.49. The molecule has 1 atom stereocenters. The molecule has 2 rings (SSSR count). The number of amides is 1. The number of hydrogen-bond acceptors (Lipinski definition) is 3. The van der Waals surface area contributed by atoms with Crippen LogP contribution in [0.3, 0.4) is 0 Å². The van der Waals surface area contributed by atoms with E-state index in [0.717, 1.165) is 15.7 Å². The van der Waals surface area contributed by atoms with Gasteiger partial charge >= 0.3 is 0 Å². The largest absolute Gasteiger partial charge is 0.389 e. The lowest BCUT2D eigenvalue weighted by molar-refractivity contribution is 0.100. The Bertz CT molecular complexity index is 593. The van der Waals surface area contributed by atoms with E-state index < -0.39 is 12.0 Å². The molecule has 94 valence electrons. The molecule has 0 fully saturated rings. The van der Waals surface area contributed by atoms with Crippen molar-refractivity contribution in [2.75, 3.05) is 0 Å². The molecule has 2 aromatic rings. The molecule has 0 unspecified atom stereocenters. The molecule has 0 aliphatic carbocycles. The van der Waals surface area contributed by atoms with Crippen molar-refractivity contribution in [2.24, 2.45) is 5.73 Å². The van der Waals surface area contributed by atoms with E-state index in [9.17, 15) is 9.90 Å². The van der Waals surface area contributed by atoms with Crippen molar-refractivity contribution in [2.45, 2.75) is 13.0 Å². The van der Waals surface area contributed by atoms with Crippen molar-refractivity contribution in [1.82, 2.24) is 9.78 Å². The van der Waals surface area contributed by atoms with Gasteiger partial charge in [-0.25, -0.2) is 4.68 Å². The predicted molar refractivity (Wildman–Crippen MR) is 70.4 cm³/mol. The van der Waals surface area contributed by atoms with E-state index in [0.29, 0.717) is 5.56 Å². The quantitative estimate of drug-likeness (QED) is 0.907. The van der Waals surface area contributed by atoms with Crippen LogP contribution in [0.4, 0.5) is 0 Å². The monoisotopic (exact) mass is 309 g/mol. The number of benzene rings is 1. The van der Waals surface area contributed by atoms with Gasteiger partial charge in [0.25, 0.3) is 5.91 Å². The topological polar surface area (TPSA) is 81.1 Å². The van der Waals surface area contributed by atoms with Gasteiger partial charge in [-0.05, 0) is 24.6 Å². The third-order valence-corrected chi connectivity index (χ3v) is 3.25. The third kappa shape index (κ3) is 2.44. The number of carbonyl (C=O) groups is 1. The Labute approximate surface area is 112 Å². The van der Waals surface area contributed by atoms with Gasteiger partial charge in [-0.3, -0.25) is 4.79 Å². The lowest BCUT2D eigenvalue weighted by Gasteiger charge is -2.09. The first-order valence-corrected chi connectivity index (χ1v) is 6.10. The van der Waals surface area contributed by atoms with Gasteiger partial charge in [0.2, 0.25) is 0 Å². The summed E-state index contributed by atoms with van der Waals surface area (Å²) in [7, 11) is 0. The van der Waals surface area contributed by atoms with Crippen LogP contribution < -0.4 is 5.73 Å². The number of primary amides is 1. The standard InChI is InChI=1S/C12H12BrN3O2/c1-7(17)10-3-2-9(4-11(10)13)16-6-8(5-15-16)12(14)18/h2-7,17H,1H3,(H2,14,18)/t7-/m0/s1. The Morgan fingerprint density at radius 2 is 2.28 bits per heavy atom. The van der Waals surface area contributed by atoms with Gasteiger partial charge in [0.15, 0.2) is 0 Å². The van der Waals surface area contributed by atoms with Crippen molar-refractivity contribution < 1.29 is 9.90 Å².